The van der Waals surface area contributed by atoms with Crippen molar-refractivity contribution in [2.45, 2.75) is 51.0 Å². The first kappa shape index (κ1) is 13.5. The van der Waals surface area contributed by atoms with Crippen molar-refractivity contribution >= 4 is 5.91 Å². The van der Waals surface area contributed by atoms with Crippen molar-refractivity contribution in [3.05, 3.63) is 35.4 Å². The molecule has 1 aromatic carbocycles. The van der Waals surface area contributed by atoms with Gasteiger partial charge in [-0.2, -0.15) is 0 Å². The molecule has 2 aliphatic rings. The van der Waals surface area contributed by atoms with E-state index in [0.29, 0.717) is 5.56 Å². The molecule has 1 N–H and O–H groups in total. The second-order valence-corrected chi connectivity index (χ2v) is 6.43. The average Bonchev–Trinajstić information content (AvgIpc) is 2.84. The predicted molar refractivity (Wildman–Crippen MR) is 72.0 cm³/mol. The van der Waals surface area contributed by atoms with Crippen LogP contribution in [0.4, 0.5) is 8.78 Å². The van der Waals surface area contributed by atoms with Crippen LogP contribution < -0.4 is 5.32 Å². The van der Waals surface area contributed by atoms with Crippen LogP contribution in [0, 0.1) is 17.0 Å². The van der Waals surface area contributed by atoms with Gasteiger partial charge in [0.05, 0.1) is 5.54 Å². The van der Waals surface area contributed by atoms with Crippen molar-refractivity contribution in [2.24, 2.45) is 5.41 Å². The van der Waals surface area contributed by atoms with E-state index < -0.39 is 17.2 Å². The molecule has 0 unspecified atom stereocenters. The lowest BCUT2D eigenvalue weighted by Gasteiger charge is -2.43. The highest BCUT2D eigenvalue weighted by Gasteiger charge is 2.48. The molecule has 0 radical (unpaired) electrons. The maximum absolute atomic E-state index is 13.4. The van der Waals surface area contributed by atoms with E-state index in [1.165, 1.54) is 12.1 Å². The molecule has 1 saturated carbocycles. The van der Waals surface area contributed by atoms with Crippen molar-refractivity contribution in [3.63, 3.8) is 0 Å². The molecule has 2 fully saturated rings. The minimum Gasteiger partial charge on any atom is -0.346 e. The van der Waals surface area contributed by atoms with Crippen molar-refractivity contribution in [1.29, 1.82) is 0 Å². The van der Waals surface area contributed by atoms with Crippen LogP contribution >= 0.6 is 0 Å². The van der Waals surface area contributed by atoms with Gasteiger partial charge >= 0.3 is 0 Å². The SMILES string of the molecule is C[C@@]1(c2cc(F)cc(F)c2)CCC2(CCCC2)C(=O)N1. The molecule has 0 aromatic heterocycles. The van der Waals surface area contributed by atoms with E-state index in [4.69, 9.17) is 0 Å². The highest BCUT2D eigenvalue weighted by molar-refractivity contribution is 5.84. The number of amides is 1. The van der Waals surface area contributed by atoms with Gasteiger partial charge in [-0.1, -0.05) is 12.8 Å². The quantitative estimate of drug-likeness (QED) is 0.835. The Bertz CT molecular complexity index is 531. The summed E-state index contributed by atoms with van der Waals surface area (Å²) in [6.07, 6.45) is 5.59. The molecule has 0 bridgehead atoms. The smallest absolute Gasteiger partial charge is 0.226 e. The third kappa shape index (κ3) is 2.11. The largest absolute Gasteiger partial charge is 0.346 e. The third-order valence-corrected chi connectivity index (χ3v) is 5.03. The van der Waals surface area contributed by atoms with Gasteiger partial charge in [-0.3, -0.25) is 4.79 Å². The van der Waals surface area contributed by atoms with Crippen molar-refractivity contribution < 1.29 is 13.6 Å². The van der Waals surface area contributed by atoms with Gasteiger partial charge in [0, 0.05) is 11.5 Å². The first-order chi connectivity index (χ1) is 9.43. The minimum absolute atomic E-state index is 0.0495. The molecule has 4 heteroatoms. The van der Waals surface area contributed by atoms with E-state index in [-0.39, 0.29) is 11.3 Å². The number of carbonyl (C=O) groups is 1. The second kappa shape index (κ2) is 4.54. The molecule has 108 valence electrons. The van der Waals surface area contributed by atoms with Crippen molar-refractivity contribution in [3.8, 4) is 0 Å². The number of nitrogens with one attached hydrogen (secondary N) is 1. The molecular weight excluding hydrogens is 260 g/mol. The van der Waals surface area contributed by atoms with Gasteiger partial charge in [0.2, 0.25) is 5.91 Å². The Hall–Kier alpha value is -1.45. The summed E-state index contributed by atoms with van der Waals surface area (Å²) in [4.78, 5) is 12.5. The van der Waals surface area contributed by atoms with E-state index in [9.17, 15) is 13.6 Å². The molecule has 1 aliphatic heterocycles. The summed E-state index contributed by atoms with van der Waals surface area (Å²) in [7, 11) is 0. The molecule has 1 saturated heterocycles. The highest BCUT2D eigenvalue weighted by Crippen LogP contribution is 2.48. The maximum Gasteiger partial charge on any atom is 0.226 e. The van der Waals surface area contributed by atoms with Crippen molar-refractivity contribution in [2.75, 3.05) is 0 Å². The Balaban J connectivity index is 1.89. The molecule has 1 aliphatic carbocycles. The lowest BCUT2D eigenvalue weighted by molar-refractivity contribution is -0.137. The first-order valence-electron chi connectivity index (χ1n) is 7.23. The van der Waals surface area contributed by atoms with Crippen LogP contribution in [0.25, 0.3) is 0 Å². The Morgan fingerprint density at radius 2 is 1.60 bits per heavy atom. The Morgan fingerprint density at radius 3 is 2.15 bits per heavy atom. The molecule has 1 spiro atoms. The fourth-order valence-electron chi connectivity index (χ4n) is 3.67. The van der Waals surface area contributed by atoms with Crippen molar-refractivity contribution in [1.82, 2.24) is 5.32 Å². The van der Waals surface area contributed by atoms with Gasteiger partial charge in [-0.05, 0) is 50.3 Å². The Kier molecular flexibility index (Phi) is 3.07. The molecule has 3 rings (SSSR count). The van der Waals surface area contributed by atoms with Gasteiger partial charge in [0.25, 0.3) is 0 Å². The van der Waals surface area contributed by atoms with E-state index >= 15 is 0 Å². The lowest BCUT2D eigenvalue weighted by atomic mass is 9.71. The molecule has 1 atom stereocenters. The normalized spacial score (nSPS) is 28.6. The zero-order chi connectivity index (χ0) is 14.4. The lowest BCUT2D eigenvalue weighted by Crippen LogP contribution is -2.54. The minimum atomic E-state index is -0.673. The summed E-state index contributed by atoms with van der Waals surface area (Å²) in [5.41, 5.74) is -0.393. The zero-order valence-electron chi connectivity index (χ0n) is 11.6. The Morgan fingerprint density at radius 1 is 1.00 bits per heavy atom. The van der Waals surface area contributed by atoms with E-state index in [1.807, 2.05) is 6.92 Å². The number of piperidine rings is 1. The Labute approximate surface area is 117 Å². The maximum atomic E-state index is 13.4. The van der Waals surface area contributed by atoms with Gasteiger partial charge < -0.3 is 5.32 Å². The van der Waals surface area contributed by atoms with Gasteiger partial charge in [-0.25, -0.2) is 8.78 Å². The van der Waals surface area contributed by atoms with E-state index in [0.717, 1.165) is 44.6 Å². The summed E-state index contributed by atoms with van der Waals surface area (Å²) < 4.78 is 26.8. The van der Waals surface area contributed by atoms with Gasteiger partial charge in [0.15, 0.2) is 0 Å². The van der Waals surface area contributed by atoms with Crippen LogP contribution in [0.5, 0.6) is 0 Å². The first-order valence-corrected chi connectivity index (χ1v) is 7.23. The van der Waals surface area contributed by atoms with Crippen LogP contribution in [0.2, 0.25) is 0 Å². The summed E-state index contributed by atoms with van der Waals surface area (Å²) in [5, 5.41) is 3.02. The standard InChI is InChI=1S/C16H19F2NO/c1-15(11-8-12(17)10-13(18)9-11)6-7-16(14(20)19-15)4-2-3-5-16/h8-10H,2-7H2,1H3,(H,19,20)/t15-/m0/s1. The van der Waals surface area contributed by atoms with E-state index in [2.05, 4.69) is 5.32 Å². The predicted octanol–water partition coefficient (Wildman–Crippen LogP) is 3.65. The number of rotatable bonds is 1. The van der Waals surface area contributed by atoms with Gasteiger partial charge in [0.1, 0.15) is 11.6 Å². The summed E-state index contributed by atoms with van der Waals surface area (Å²) in [6.45, 7) is 1.85. The van der Waals surface area contributed by atoms with Gasteiger partial charge in [-0.15, -0.1) is 0 Å². The molecular formula is C16H19F2NO. The van der Waals surface area contributed by atoms with Crippen LogP contribution in [0.15, 0.2) is 18.2 Å². The van der Waals surface area contributed by atoms with Crippen LogP contribution in [-0.4, -0.2) is 5.91 Å². The zero-order valence-corrected chi connectivity index (χ0v) is 11.6. The molecule has 1 heterocycles. The van der Waals surface area contributed by atoms with Crippen LogP contribution in [-0.2, 0) is 10.3 Å². The summed E-state index contributed by atoms with van der Waals surface area (Å²) >= 11 is 0. The fourth-order valence-corrected chi connectivity index (χ4v) is 3.67. The third-order valence-electron chi connectivity index (χ3n) is 5.03. The number of halogens is 2. The topological polar surface area (TPSA) is 29.1 Å². The average molecular weight is 279 g/mol. The molecule has 20 heavy (non-hydrogen) atoms. The number of hydrogen-bond acceptors (Lipinski definition) is 1. The molecule has 1 aromatic rings. The summed E-state index contributed by atoms with van der Waals surface area (Å²) in [6, 6.07) is 3.49. The number of benzene rings is 1. The van der Waals surface area contributed by atoms with Crippen LogP contribution in [0.1, 0.15) is 51.0 Å². The van der Waals surface area contributed by atoms with Crippen LogP contribution in [0.3, 0.4) is 0 Å². The molecule has 1 amide bonds. The second-order valence-electron chi connectivity index (χ2n) is 6.43. The molecule has 2 nitrogen and oxygen atoms in total. The monoisotopic (exact) mass is 279 g/mol. The number of hydrogen-bond donors (Lipinski definition) is 1. The number of carbonyl (C=O) groups excluding carboxylic acids is 1. The highest BCUT2D eigenvalue weighted by atomic mass is 19.1. The summed E-state index contributed by atoms with van der Waals surface area (Å²) in [5.74, 6) is -1.15. The fraction of sp³-hybridized carbons (Fsp3) is 0.562. The van der Waals surface area contributed by atoms with E-state index in [1.54, 1.807) is 0 Å².